The Hall–Kier alpha value is -2.02. The molecule has 1 aromatic rings. The van der Waals surface area contributed by atoms with Crippen LogP contribution in [-0.2, 0) is 4.74 Å². The molecule has 0 bridgehead atoms. The van der Waals surface area contributed by atoms with E-state index in [0.717, 1.165) is 5.56 Å². The SMILES string of the molecule is CC(C)(C)OC(=O)N1CC(C#N)C(c2ccccc2)C1. The smallest absolute Gasteiger partial charge is 0.410 e. The van der Waals surface area contributed by atoms with Crippen molar-refractivity contribution in [2.75, 3.05) is 13.1 Å². The van der Waals surface area contributed by atoms with Crippen molar-refractivity contribution < 1.29 is 9.53 Å². The van der Waals surface area contributed by atoms with Gasteiger partial charge in [0.1, 0.15) is 5.60 Å². The van der Waals surface area contributed by atoms with Crippen LogP contribution >= 0.6 is 0 Å². The molecule has 1 aliphatic heterocycles. The van der Waals surface area contributed by atoms with Gasteiger partial charge >= 0.3 is 6.09 Å². The lowest BCUT2D eigenvalue weighted by Gasteiger charge is -2.24. The molecule has 0 aromatic heterocycles. The van der Waals surface area contributed by atoms with Crippen molar-refractivity contribution in [2.45, 2.75) is 32.3 Å². The van der Waals surface area contributed by atoms with E-state index in [1.165, 1.54) is 0 Å². The lowest BCUT2D eigenvalue weighted by molar-refractivity contribution is 0.0289. The summed E-state index contributed by atoms with van der Waals surface area (Å²) in [7, 11) is 0. The van der Waals surface area contributed by atoms with Crippen LogP contribution in [0.25, 0.3) is 0 Å². The molecular weight excluding hydrogens is 252 g/mol. The zero-order valence-corrected chi connectivity index (χ0v) is 12.2. The van der Waals surface area contributed by atoms with Crippen LogP contribution < -0.4 is 0 Å². The van der Waals surface area contributed by atoms with Gasteiger partial charge in [0.2, 0.25) is 0 Å². The largest absolute Gasteiger partial charge is 0.444 e. The molecule has 2 unspecified atom stereocenters. The highest BCUT2D eigenvalue weighted by molar-refractivity contribution is 5.69. The zero-order valence-electron chi connectivity index (χ0n) is 12.2. The average Bonchev–Trinajstić information content (AvgIpc) is 2.82. The fourth-order valence-electron chi connectivity index (χ4n) is 2.45. The molecule has 0 radical (unpaired) electrons. The number of carbonyl (C=O) groups is 1. The van der Waals surface area contributed by atoms with Crippen LogP contribution in [-0.4, -0.2) is 29.7 Å². The number of nitriles is 1. The number of likely N-dealkylation sites (tertiary alicyclic amines) is 1. The van der Waals surface area contributed by atoms with E-state index in [0.29, 0.717) is 13.1 Å². The van der Waals surface area contributed by atoms with Crippen LogP contribution in [0.5, 0.6) is 0 Å². The van der Waals surface area contributed by atoms with Gasteiger partial charge < -0.3 is 9.64 Å². The molecule has 1 fully saturated rings. The maximum atomic E-state index is 12.1. The van der Waals surface area contributed by atoms with E-state index in [2.05, 4.69) is 6.07 Å². The van der Waals surface area contributed by atoms with Crippen LogP contribution in [0.2, 0.25) is 0 Å². The number of carbonyl (C=O) groups excluding carboxylic acids is 1. The highest BCUT2D eigenvalue weighted by Crippen LogP contribution is 2.32. The average molecular weight is 272 g/mol. The van der Waals surface area contributed by atoms with Gasteiger partial charge in [-0.1, -0.05) is 30.3 Å². The van der Waals surface area contributed by atoms with Crippen molar-refractivity contribution in [1.29, 1.82) is 5.26 Å². The summed E-state index contributed by atoms with van der Waals surface area (Å²) in [6.45, 7) is 6.51. The molecule has 20 heavy (non-hydrogen) atoms. The van der Waals surface area contributed by atoms with E-state index >= 15 is 0 Å². The fourth-order valence-corrected chi connectivity index (χ4v) is 2.45. The number of amides is 1. The maximum absolute atomic E-state index is 12.1. The topological polar surface area (TPSA) is 53.3 Å². The monoisotopic (exact) mass is 272 g/mol. The highest BCUT2D eigenvalue weighted by atomic mass is 16.6. The van der Waals surface area contributed by atoms with Crippen molar-refractivity contribution in [1.82, 2.24) is 4.90 Å². The van der Waals surface area contributed by atoms with Gasteiger partial charge in [0.05, 0.1) is 12.0 Å². The first kappa shape index (κ1) is 14.4. The third-order valence-corrected chi connectivity index (χ3v) is 3.37. The number of nitrogens with zero attached hydrogens (tertiary/aromatic N) is 2. The molecule has 4 heteroatoms. The Kier molecular flexibility index (Phi) is 3.99. The van der Waals surface area contributed by atoms with E-state index < -0.39 is 5.60 Å². The molecule has 1 heterocycles. The van der Waals surface area contributed by atoms with Gasteiger partial charge in [0, 0.05) is 19.0 Å². The van der Waals surface area contributed by atoms with Crippen molar-refractivity contribution in [2.24, 2.45) is 5.92 Å². The first-order chi connectivity index (χ1) is 9.40. The second-order valence-electron chi connectivity index (χ2n) is 6.14. The Morgan fingerprint density at radius 1 is 1.30 bits per heavy atom. The Morgan fingerprint density at radius 2 is 1.95 bits per heavy atom. The normalized spacial score (nSPS) is 22.4. The number of hydrogen-bond donors (Lipinski definition) is 0. The van der Waals surface area contributed by atoms with Gasteiger partial charge in [-0.05, 0) is 26.3 Å². The number of benzene rings is 1. The second-order valence-corrected chi connectivity index (χ2v) is 6.14. The standard InChI is InChI=1S/C16H20N2O2/c1-16(2,3)20-15(19)18-10-13(9-17)14(11-18)12-7-5-4-6-8-12/h4-8,13-14H,10-11H2,1-3H3. The van der Waals surface area contributed by atoms with Gasteiger partial charge in [0.25, 0.3) is 0 Å². The zero-order chi connectivity index (χ0) is 14.8. The molecule has 0 N–H and O–H groups in total. The van der Waals surface area contributed by atoms with E-state index in [-0.39, 0.29) is 17.9 Å². The summed E-state index contributed by atoms with van der Waals surface area (Å²) in [5.41, 5.74) is 0.592. The van der Waals surface area contributed by atoms with E-state index in [9.17, 15) is 10.1 Å². The molecule has 1 aliphatic rings. The van der Waals surface area contributed by atoms with Crippen LogP contribution in [0.15, 0.2) is 30.3 Å². The summed E-state index contributed by atoms with van der Waals surface area (Å²) in [5, 5.41) is 9.30. The van der Waals surface area contributed by atoms with E-state index in [1.807, 2.05) is 51.1 Å². The van der Waals surface area contributed by atoms with Crippen molar-refractivity contribution >= 4 is 6.09 Å². The molecule has 1 aromatic carbocycles. The third-order valence-electron chi connectivity index (χ3n) is 3.37. The minimum absolute atomic E-state index is 0.0636. The van der Waals surface area contributed by atoms with Crippen LogP contribution in [0, 0.1) is 17.2 Å². The Labute approximate surface area is 120 Å². The predicted molar refractivity (Wildman–Crippen MR) is 76.1 cm³/mol. The van der Waals surface area contributed by atoms with Gasteiger partial charge in [0.15, 0.2) is 0 Å². The summed E-state index contributed by atoms with van der Waals surface area (Å²) < 4.78 is 5.38. The molecule has 0 spiro atoms. The van der Waals surface area contributed by atoms with Crippen LogP contribution in [0.1, 0.15) is 32.3 Å². The second kappa shape index (κ2) is 5.54. The summed E-state index contributed by atoms with van der Waals surface area (Å²) in [6, 6.07) is 12.2. The third kappa shape index (κ3) is 3.30. The summed E-state index contributed by atoms with van der Waals surface area (Å²) in [6.07, 6.45) is -0.337. The van der Waals surface area contributed by atoms with Crippen LogP contribution in [0.3, 0.4) is 0 Å². The van der Waals surface area contributed by atoms with Gasteiger partial charge in [-0.25, -0.2) is 4.79 Å². The summed E-state index contributed by atoms with van der Waals surface area (Å²) in [5.74, 6) is -0.112. The Bertz CT molecular complexity index is 514. The minimum Gasteiger partial charge on any atom is -0.444 e. The Balaban J connectivity index is 2.11. The van der Waals surface area contributed by atoms with E-state index in [4.69, 9.17) is 4.74 Å². The molecule has 0 saturated carbocycles. The Morgan fingerprint density at radius 3 is 2.50 bits per heavy atom. The van der Waals surface area contributed by atoms with Gasteiger partial charge in [-0.3, -0.25) is 0 Å². The van der Waals surface area contributed by atoms with Crippen molar-refractivity contribution in [3.8, 4) is 6.07 Å². The van der Waals surface area contributed by atoms with Crippen molar-refractivity contribution in [3.05, 3.63) is 35.9 Å². The molecule has 106 valence electrons. The number of hydrogen-bond acceptors (Lipinski definition) is 3. The first-order valence-corrected chi connectivity index (χ1v) is 6.83. The fraction of sp³-hybridized carbons (Fsp3) is 0.500. The molecule has 1 amide bonds. The molecule has 1 saturated heterocycles. The lowest BCUT2D eigenvalue weighted by Crippen LogP contribution is -2.35. The molecular formula is C16H20N2O2. The number of ether oxygens (including phenoxy) is 1. The highest BCUT2D eigenvalue weighted by Gasteiger charge is 2.37. The number of rotatable bonds is 1. The lowest BCUT2D eigenvalue weighted by atomic mass is 9.90. The molecule has 4 nitrogen and oxygen atoms in total. The molecule has 2 rings (SSSR count). The minimum atomic E-state index is -0.510. The summed E-state index contributed by atoms with van der Waals surface area (Å²) >= 11 is 0. The van der Waals surface area contributed by atoms with Gasteiger partial charge in [-0.2, -0.15) is 5.26 Å². The summed E-state index contributed by atoms with van der Waals surface area (Å²) in [4.78, 5) is 13.7. The van der Waals surface area contributed by atoms with E-state index in [1.54, 1.807) is 4.90 Å². The van der Waals surface area contributed by atoms with Crippen LogP contribution in [0.4, 0.5) is 4.79 Å². The molecule has 2 atom stereocenters. The van der Waals surface area contributed by atoms with Crippen molar-refractivity contribution in [3.63, 3.8) is 0 Å². The van der Waals surface area contributed by atoms with Gasteiger partial charge in [-0.15, -0.1) is 0 Å². The molecule has 0 aliphatic carbocycles. The maximum Gasteiger partial charge on any atom is 0.410 e. The first-order valence-electron chi connectivity index (χ1n) is 6.83. The predicted octanol–water partition coefficient (Wildman–Crippen LogP) is 3.16. The quantitative estimate of drug-likeness (QED) is 0.789.